The zero-order chi connectivity index (χ0) is 21.9. The molecule has 2 aromatic carbocycles. The molecule has 0 radical (unpaired) electrons. The number of amides is 1. The minimum atomic E-state index is -3.69. The minimum absolute atomic E-state index is 0.0864. The predicted molar refractivity (Wildman–Crippen MR) is 113 cm³/mol. The first-order chi connectivity index (χ1) is 14.2. The highest BCUT2D eigenvalue weighted by atomic mass is 32.2. The zero-order valence-electron chi connectivity index (χ0n) is 17.2. The summed E-state index contributed by atoms with van der Waals surface area (Å²) in [5, 5.41) is 6.47. The molecule has 0 saturated heterocycles. The van der Waals surface area contributed by atoms with E-state index in [0.29, 0.717) is 17.2 Å². The number of aryl methyl sites for hydroxylation is 1. The molecule has 30 heavy (non-hydrogen) atoms. The van der Waals surface area contributed by atoms with E-state index in [1.165, 1.54) is 11.4 Å². The summed E-state index contributed by atoms with van der Waals surface area (Å²) in [5.74, 6) is 0.365. The lowest BCUT2D eigenvalue weighted by atomic mass is 10.2. The van der Waals surface area contributed by atoms with Crippen molar-refractivity contribution >= 4 is 27.6 Å². The van der Waals surface area contributed by atoms with Gasteiger partial charge in [0.15, 0.2) is 0 Å². The molecule has 0 aliphatic heterocycles. The van der Waals surface area contributed by atoms with Crippen LogP contribution in [0, 0.1) is 6.92 Å². The first kappa shape index (κ1) is 21.3. The second kappa shape index (κ2) is 8.54. The summed E-state index contributed by atoms with van der Waals surface area (Å²) in [6, 6.07) is 12.9. The third kappa shape index (κ3) is 4.60. The monoisotopic (exact) mass is 429 g/mol. The molecule has 158 valence electrons. The smallest absolute Gasteiger partial charge is 0.265 e. The quantitative estimate of drug-likeness (QED) is 0.613. The molecule has 0 aliphatic rings. The molecule has 0 unspecified atom stereocenters. The maximum Gasteiger partial charge on any atom is 0.265 e. The number of rotatable bonds is 7. The Bertz CT molecular complexity index is 1120. The van der Waals surface area contributed by atoms with Crippen molar-refractivity contribution in [1.82, 2.24) is 15.5 Å². The first-order valence-corrected chi connectivity index (χ1v) is 10.6. The lowest BCUT2D eigenvalue weighted by Gasteiger charge is -2.20. The third-order valence-corrected chi connectivity index (χ3v) is 6.23. The van der Waals surface area contributed by atoms with Gasteiger partial charge in [-0.05, 0) is 48.5 Å². The predicted octanol–water partition coefficient (Wildman–Crippen LogP) is 2.20. The van der Waals surface area contributed by atoms with Gasteiger partial charge in [0, 0.05) is 26.7 Å². The molecule has 1 N–H and O–H groups in total. The van der Waals surface area contributed by atoms with Crippen LogP contribution >= 0.6 is 0 Å². The number of nitrogens with one attached hydrogen (secondary N) is 1. The molecule has 0 aliphatic carbocycles. The SMILES string of the molecule is Cc1ccc(S(=O)(=O)N(C)c2ccc(C(=O)NCc3nc(N(C)C)no3)cc2)cc1. The van der Waals surface area contributed by atoms with Crippen molar-refractivity contribution < 1.29 is 17.7 Å². The van der Waals surface area contributed by atoms with Crippen molar-refractivity contribution in [2.45, 2.75) is 18.4 Å². The molecule has 0 fully saturated rings. The molecule has 10 heteroatoms. The fourth-order valence-corrected chi connectivity index (χ4v) is 3.78. The third-order valence-electron chi connectivity index (χ3n) is 4.43. The Kier molecular flexibility index (Phi) is 6.06. The fourth-order valence-electron chi connectivity index (χ4n) is 2.59. The standard InChI is InChI=1S/C20H23N5O4S/c1-14-5-11-17(12-6-14)30(27,28)25(4)16-9-7-15(8-10-16)19(26)21-13-18-22-20(23-29-18)24(2)3/h5-12H,13H2,1-4H3,(H,21,26). The lowest BCUT2D eigenvalue weighted by molar-refractivity contribution is 0.0946. The molecule has 0 atom stereocenters. The van der Waals surface area contributed by atoms with Crippen LogP contribution in [0.5, 0.6) is 0 Å². The molecule has 3 aromatic rings. The number of sulfonamides is 1. The molecule has 0 spiro atoms. The van der Waals surface area contributed by atoms with Crippen LogP contribution in [0.2, 0.25) is 0 Å². The number of hydrogen-bond donors (Lipinski definition) is 1. The van der Waals surface area contributed by atoms with Crippen LogP contribution in [0.25, 0.3) is 0 Å². The van der Waals surface area contributed by atoms with E-state index in [0.717, 1.165) is 5.56 Å². The van der Waals surface area contributed by atoms with Crippen LogP contribution in [-0.2, 0) is 16.6 Å². The average Bonchev–Trinajstić information content (AvgIpc) is 3.21. The average molecular weight is 430 g/mol. The Morgan fingerprint density at radius 2 is 1.67 bits per heavy atom. The van der Waals surface area contributed by atoms with Gasteiger partial charge >= 0.3 is 0 Å². The molecule has 0 bridgehead atoms. The summed E-state index contributed by atoms with van der Waals surface area (Å²) in [7, 11) is 1.35. The molecular formula is C20H23N5O4S. The zero-order valence-corrected chi connectivity index (χ0v) is 18.0. The Hall–Kier alpha value is -3.40. The normalized spacial score (nSPS) is 11.2. The van der Waals surface area contributed by atoms with Gasteiger partial charge in [-0.2, -0.15) is 4.98 Å². The van der Waals surface area contributed by atoms with E-state index < -0.39 is 10.0 Å². The van der Waals surface area contributed by atoms with E-state index in [4.69, 9.17) is 4.52 Å². The summed E-state index contributed by atoms with van der Waals surface area (Å²) in [6.45, 7) is 1.98. The van der Waals surface area contributed by atoms with Crippen molar-refractivity contribution in [1.29, 1.82) is 0 Å². The van der Waals surface area contributed by atoms with Gasteiger partial charge in [-0.15, -0.1) is 0 Å². The Morgan fingerprint density at radius 1 is 1.03 bits per heavy atom. The Balaban J connectivity index is 1.67. The summed E-state index contributed by atoms with van der Waals surface area (Å²) in [5.41, 5.74) is 1.80. The maximum atomic E-state index is 12.8. The number of carbonyl (C=O) groups is 1. The van der Waals surface area contributed by atoms with Crippen molar-refractivity contribution in [3.05, 3.63) is 65.5 Å². The number of hydrogen-bond acceptors (Lipinski definition) is 7. The maximum absolute atomic E-state index is 12.8. The van der Waals surface area contributed by atoms with Gasteiger partial charge in [0.05, 0.1) is 17.1 Å². The summed E-state index contributed by atoms with van der Waals surface area (Å²) in [4.78, 5) is 18.4. The Labute approximate surface area is 175 Å². The van der Waals surface area contributed by atoms with Crippen molar-refractivity contribution in [3.63, 3.8) is 0 Å². The minimum Gasteiger partial charge on any atom is -0.344 e. The highest BCUT2D eigenvalue weighted by Gasteiger charge is 2.21. The summed E-state index contributed by atoms with van der Waals surface area (Å²) < 4.78 is 31.8. The first-order valence-electron chi connectivity index (χ1n) is 9.12. The molecule has 0 saturated carbocycles. The van der Waals surface area contributed by atoms with E-state index in [1.54, 1.807) is 67.5 Å². The van der Waals surface area contributed by atoms with E-state index >= 15 is 0 Å². The van der Waals surface area contributed by atoms with E-state index in [1.807, 2.05) is 6.92 Å². The lowest BCUT2D eigenvalue weighted by Crippen LogP contribution is -2.27. The molecule has 1 heterocycles. The van der Waals surface area contributed by atoms with Crippen LogP contribution in [0.4, 0.5) is 11.6 Å². The molecule has 9 nitrogen and oxygen atoms in total. The molecule has 1 aromatic heterocycles. The van der Waals surface area contributed by atoms with E-state index in [9.17, 15) is 13.2 Å². The largest absolute Gasteiger partial charge is 0.344 e. The second-order valence-corrected chi connectivity index (χ2v) is 8.87. The van der Waals surface area contributed by atoms with Gasteiger partial charge in [0.25, 0.3) is 21.9 Å². The van der Waals surface area contributed by atoms with Gasteiger partial charge < -0.3 is 14.7 Å². The van der Waals surface area contributed by atoms with Gasteiger partial charge in [0.1, 0.15) is 0 Å². The number of carbonyl (C=O) groups excluding carboxylic acids is 1. The molecular weight excluding hydrogens is 406 g/mol. The van der Waals surface area contributed by atoms with Crippen LogP contribution in [-0.4, -0.2) is 45.6 Å². The number of nitrogens with zero attached hydrogens (tertiary/aromatic N) is 4. The van der Waals surface area contributed by atoms with Gasteiger partial charge in [-0.25, -0.2) is 8.42 Å². The van der Waals surface area contributed by atoms with Crippen LogP contribution in [0.15, 0.2) is 57.9 Å². The van der Waals surface area contributed by atoms with Gasteiger partial charge in [-0.1, -0.05) is 17.7 Å². The topological polar surface area (TPSA) is 109 Å². The number of aromatic nitrogens is 2. The second-order valence-electron chi connectivity index (χ2n) is 6.90. The summed E-state index contributed by atoms with van der Waals surface area (Å²) >= 11 is 0. The highest BCUT2D eigenvalue weighted by molar-refractivity contribution is 7.92. The van der Waals surface area contributed by atoms with Gasteiger partial charge in [0.2, 0.25) is 5.89 Å². The van der Waals surface area contributed by atoms with Crippen molar-refractivity contribution in [2.24, 2.45) is 0 Å². The summed E-state index contributed by atoms with van der Waals surface area (Å²) in [6.07, 6.45) is 0. The fraction of sp³-hybridized carbons (Fsp3) is 0.250. The van der Waals surface area contributed by atoms with Crippen LogP contribution in [0.3, 0.4) is 0 Å². The highest BCUT2D eigenvalue weighted by Crippen LogP contribution is 2.22. The van der Waals surface area contributed by atoms with Crippen LogP contribution in [0.1, 0.15) is 21.8 Å². The molecule has 3 rings (SSSR count). The van der Waals surface area contributed by atoms with Gasteiger partial charge in [-0.3, -0.25) is 9.10 Å². The number of anilines is 2. The Morgan fingerprint density at radius 3 is 2.23 bits per heavy atom. The van der Waals surface area contributed by atoms with Crippen molar-refractivity contribution in [2.75, 3.05) is 30.3 Å². The van der Waals surface area contributed by atoms with E-state index in [2.05, 4.69) is 15.5 Å². The van der Waals surface area contributed by atoms with Crippen molar-refractivity contribution in [3.8, 4) is 0 Å². The van der Waals surface area contributed by atoms with Crippen LogP contribution < -0.4 is 14.5 Å². The van der Waals surface area contributed by atoms with E-state index in [-0.39, 0.29) is 23.2 Å². The molecule has 1 amide bonds. The number of benzene rings is 2.